The minimum atomic E-state index is -0.100. The number of carbonyl (C=O) groups is 1. The largest absolute Gasteiger partial charge is 0.483 e. The van der Waals surface area contributed by atoms with Gasteiger partial charge in [-0.15, -0.1) is 0 Å². The van der Waals surface area contributed by atoms with Crippen molar-refractivity contribution in [3.63, 3.8) is 0 Å². The van der Waals surface area contributed by atoms with Crippen LogP contribution in [0.3, 0.4) is 0 Å². The topological polar surface area (TPSA) is 38.3 Å². The van der Waals surface area contributed by atoms with Gasteiger partial charge in [-0.3, -0.25) is 4.79 Å². The maximum atomic E-state index is 12.1. The molecule has 0 bridgehead atoms. The van der Waals surface area contributed by atoms with Crippen molar-refractivity contribution in [2.75, 3.05) is 6.61 Å². The third-order valence-electron chi connectivity index (χ3n) is 3.65. The summed E-state index contributed by atoms with van der Waals surface area (Å²) in [6.45, 7) is 6.08. The highest BCUT2D eigenvalue weighted by molar-refractivity contribution is 5.78. The van der Waals surface area contributed by atoms with E-state index >= 15 is 0 Å². The molecule has 1 amide bonds. The van der Waals surface area contributed by atoms with Crippen LogP contribution in [0.2, 0.25) is 0 Å². The maximum absolute atomic E-state index is 12.1. The van der Waals surface area contributed by atoms with E-state index in [9.17, 15) is 4.79 Å². The first-order valence-electron chi connectivity index (χ1n) is 7.64. The zero-order valence-electron chi connectivity index (χ0n) is 13.4. The lowest BCUT2D eigenvalue weighted by molar-refractivity contribution is -0.123. The molecule has 0 spiro atoms. The van der Waals surface area contributed by atoms with Gasteiger partial charge >= 0.3 is 0 Å². The Morgan fingerprint density at radius 3 is 2.55 bits per heavy atom. The number of benzene rings is 2. The highest BCUT2D eigenvalue weighted by atomic mass is 16.5. The van der Waals surface area contributed by atoms with Crippen molar-refractivity contribution in [1.82, 2.24) is 5.32 Å². The summed E-state index contributed by atoms with van der Waals surface area (Å²) in [5.74, 6) is 0.666. The van der Waals surface area contributed by atoms with Crippen LogP contribution < -0.4 is 10.1 Å². The molecule has 0 saturated carbocycles. The molecular formula is C19H23NO2. The summed E-state index contributed by atoms with van der Waals surface area (Å²) in [6.07, 6.45) is 0.846. The first-order valence-corrected chi connectivity index (χ1v) is 7.64. The SMILES string of the molecule is CCC(NC(=O)COc1cc(C)ccc1C)c1ccccc1. The predicted molar refractivity (Wildman–Crippen MR) is 89.0 cm³/mol. The minimum absolute atomic E-state index is 0.0240. The summed E-state index contributed by atoms with van der Waals surface area (Å²) < 4.78 is 5.65. The van der Waals surface area contributed by atoms with Crippen molar-refractivity contribution in [3.8, 4) is 5.75 Å². The average Bonchev–Trinajstić information content (AvgIpc) is 2.54. The lowest BCUT2D eigenvalue weighted by Gasteiger charge is -2.18. The molecule has 0 radical (unpaired) electrons. The van der Waals surface area contributed by atoms with E-state index in [1.54, 1.807) is 0 Å². The molecular weight excluding hydrogens is 274 g/mol. The van der Waals surface area contributed by atoms with Gasteiger partial charge in [-0.05, 0) is 43.0 Å². The Morgan fingerprint density at radius 1 is 1.14 bits per heavy atom. The molecule has 1 unspecified atom stereocenters. The van der Waals surface area contributed by atoms with Crippen molar-refractivity contribution in [2.45, 2.75) is 33.2 Å². The Bertz CT molecular complexity index is 623. The second-order valence-corrected chi connectivity index (χ2v) is 5.50. The molecule has 0 aliphatic heterocycles. The number of aryl methyl sites for hydroxylation is 2. The van der Waals surface area contributed by atoms with Crippen LogP contribution in [0, 0.1) is 13.8 Å². The lowest BCUT2D eigenvalue weighted by atomic mass is 10.0. The fourth-order valence-electron chi connectivity index (χ4n) is 2.35. The molecule has 0 aromatic heterocycles. The van der Waals surface area contributed by atoms with E-state index in [0.29, 0.717) is 0 Å². The van der Waals surface area contributed by atoms with E-state index in [0.717, 1.165) is 28.9 Å². The molecule has 0 aliphatic rings. The van der Waals surface area contributed by atoms with Gasteiger partial charge in [0, 0.05) is 0 Å². The fraction of sp³-hybridized carbons (Fsp3) is 0.316. The van der Waals surface area contributed by atoms with Gasteiger partial charge in [0.2, 0.25) is 0 Å². The van der Waals surface area contributed by atoms with Gasteiger partial charge in [-0.2, -0.15) is 0 Å². The molecule has 0 aliphatic carbocycles. The smallest absolute Gasteiger partial charge is 0.258 e. The van der Waals surface area contributed by atoms with Crippen LogP contribution in [-0.4, -0.2) is 12.5 Å². The Hall–Kier alpha value is -2.29. The zero-order valence-corrected chi connectivity index (χ0v) is 13.4. The van der Waals surface area contributed by atoms with Gasteiger partial charge in [0.05, 0.1) is 6.04 Å². The molecule has 1 N–H and O–H groups in total. The molecule has 3 heteroatoms. The molecule has 3 nitrogen and oxygen atoms in total. The van der Waals surface area contributed by atoms with Gasteiger partial charge in [-0.25, -0.2) is 0 Å². The van der Waals surface area contributed by atoms with Gasteiger partial charge in [0.25, 0.3) is 5.91 Å². The number of carbonyl (C=O) groups excluding carboxylic acids is 1. The summed E-state index contributed by atoms with van der Waals surface area (Å²) in [6, 6.07) is 16.0. The minimum Gasteiger partial charge on any atom is -0.483 e. The number of nitrogens with one attached hydrogen (secondary N) is 1. The van der Waals surface area contributed by atoms with Gasteiger partial charge < -0.3 is 10.1 Å². The van der Waals surface area contributed by atoms with E-state index in [1.807, 2.05) is 62.4 Å². The van der Waals surface area contributed by atoms with Crippen molar-refractivity contribution in [2.24, 2.45) is 0 Å². The number of ether oxygens (including phenoxy) is 1. The molecule has 22 heavy (non-hydrogen) atoms. The maximum Gasteiger partial charge on any atom is 0.258 e. The highest BCUT2D eigenvalue weighted by Crippen LogP contribution is 2.19. The molecule has 2 aromatic rings. The highest BCUT2D eigenvalue weighted by Gasteiger charge is 2.13. The first kappa shape index (κ1) is 16.1. The first-order chi connectivity index (χ1) is 10.6. The van der Waals surface area contributed by atoms with Crippen LogP contribution in [0.5, 0.6) is 5.75 Å². The second-order valence-electron chi connectivity index (χ2n) is 5.50. The molecule has 2 aromatic carbocycles. The van der Waals surface area contributed by atoms with E-state index in [-0.39, 0.29) is 18.6 Å². The fourth-order valence-corrected chi connectivity index (χ4v) is 2.35. The summed E-state index contributed by atoms with van der Waals surface area (Å²) in [4.78, 5) is 12.1. The van der Waals surface area contributed by atoms with Crippen LogP contribution in [0.1, 0.15) is 36.1 Å². The number of hydrogen-bond donors (Lipinski definition) is 1. The molecule has 1 atom stereocenters. The van der Waals surface area contributed by atoms with Gasteiger partial charge in [0.1, 0.15) is 5.75 Å². The van der Waals surface area contributed by atoms with E-state index in [1.165, 1.54) is 0 Å². The van der Waals surface area contributed by atoms with Crippen LogP contribution in [0.4, 0.5) is 0 Å². The Balaban J connectivity index is 1.93. The quantitative estimate of drug-likeness (QED) is 0.876. The van der Waals surface area contributed by atoms with Crippen molar-refractivity contribution >= 4 is 5.91 Å². The summed E-state index contributed by atoms with van der Waals surface area (Å²) in [7, 11) is 0. The van der Waals surface area contributed by atoms with E-state index in [2.05, 4.69) is 12.2 Å². The van der Waals surface area contributed by atoms with Crippen molar-refractivity contribution in [3.05, 3.63) is 65.2 Å². The van der Waals surface area contributed by atoms with Crippen LogP contribution >= 0.6 is 0 Å². The molecule has 2 rings (SSSR count). The van der Waals surface area contributed by atoms with Crippen LogP contribution in [0.15, 0.2) is 48.5 Å². The van der Waals surface area contributed by atoms with Gasteiger partial charge in [0.15, 0.2) is 6.61 Å². The second kappa shape index (κ2) is 7.64. The zero-order chi connectivity index (χ0) is 15.9. The number of rotatable bonds is 6. The molecule has 116 valence electrons. The third-order valence-corrected chi connectivity index (χ3v) is 3.65. The summed E-state index contributed by atoms with van der Waals surface area (Å²) in [5.41, 5.74) is 3.27. The third kappa shape index (κ3) is 4.35. The Morgan fingerprint density at radius 2 is 1.86 bits per heavy atom. The summed E-state index contributed by atoms with van der Waals surface area (Å²) in [5, 5.41) is 3.02. The van der Waals surface area contributed by atoms with Crippen LogP contribution in [0.25, 0.3) is 0 Å². The average molecular weight is 297 g/mol. The summed E-state index contributed by atoms with van der Waals surface area (Å²) >= 11 is 0. The molecule has 0 heterocycles. The standard InChI is InChI=1S/C19H23NO2/c1-4-17(16-8-6-5-7-9-16)20-19(21)13-22-18-12-14(2)10-11-15(18)3/h5-12,17H,4,13H2,1-3H3,(H,20,21). The van der Waals surface area contributed by atoms with Gasteiger partial charge in [-0.1, -0.05) is 49.4 Å². The van der Waals surface area contributed by atoms with E-state index in [4.69, 9.17) is 4.74 Å². The van der Waals surface area contributed by atoms with Crippen LogP contribution in [-0.2, 0) is 4.79 Å². The monoisotopic (exact) mass is 297 g/mol. The predicted octanol–water partition coefficient (Wildman–Crippen LogP) is 3.95. The number of hydrogen-bond acceptors (Lipinski definition) is 2. The van der Waals surface area contributed by atoms with Crippen molar-refractivity contribution in [1.29, 1.82) is 0 Å². The molecule has 0 fully saturated rings. The Kier molecular flexibility index (Phi) is 5.59. The normalized spacial score (nSPS) is 11.8. The molecule has 0 saturated heterocycles. The lowest BCUT2D eigenvalue weighted by Crippen LogP contribution is -2.32. The van der Waals surface area contributed by atoms with E-state index < -0.39 is 0 Å². The van der Waals surface area contributed by atoms with Crippen molar-refractivity contribution < 1.29 is 9.53 Å². The number of amides is 1. The Labute approximate surface area is 132 Å².